The predicted molar refractivity (Wildman–Crippen MR) is 59.1 cm³/mol. The Bertz CT molecular complexity index is 405. The average molecular weight is 221 g/mol. The Morgan fingerprint density at radius 1 is 1.12 bits per heavy atom. The van der Waals surface area contributed by atoms with Crippen LogP contribution < -0.4 is 19.5 Å². The predicted octanol–water partition coefficient (Wildman–Crippen LogP) is 1.85. The van der Waals surface area contributed by atoms with Crippen LogP contribution in [0.4, 0.5) is 0 Å². The molecule has 2 aliphatic rings. The molecule has 0 amide bonds. The van der Waals surface area contributed by atoms with Crippen LogP contribution >= 0.6 is 0 Å². The molecule has 2 heterocycles. The second-order valence-corrected chi connectivity index (χ2v) is 4.08. The maximum absolute atomic E-state index is 5.73. The molecule has 3 rings (SSSR count). The van der Waals surface area contributed by atoms with E-state index in [4.69, 9.17) is 14.2 Å². The van der Waals surface area contributed by atoms with Crippen LogP contribution in [0.25, 0.3) is 0 Å². The Kier molecular flexibility index (Phi) is 2.36. The van der Waals surface area contributed by atoms with E-state index < -0.39 is 0 Å². The van der Waals surface area contributed by atoms with E-state index in [0.29, 0.717) is 12.8 Å². The van der Waals surface area contributed by atoms with Gasteiger partial charge in [-0.1, -0.05) is 0 Å². The van der Waals surface area contributed by atoms with Gasteiger partial charge in [-0.3, -0.25) is 0 Å². The highest BCUT2D eigenvalue weighted by Crippen LogP contribution is 2.42. The summed E-state index contributed by atoms with van der Waals surface area (Å²) >= 11 is 0. The van der Waals surface area contributed by atoms with Crippen molar-refractivity contribution in [2.45, 2.75) is 18.9 Å². The first-order chi connectivity index (χ1) is 7.88. The van der Waals surface area contributed by atoms with Gasteiger partial charge in [0.15, 0.2) is 11.5 Å². The zero-order chi connectivity index (χ0) is 11.0. The molecule has 0 aliphatic carbocycles. The molecule has 16 heavy (non-hydrogen) atoms. The van der Waals surface area contributed by atoms with Crippen LogP contribution in [0.3, 0.4) is 0 Å². The summed E-state index contributed by atoms with van der Waals surface area (Å²) in [6.45, 7) is 1.08. The minimum absolute atomic E-state index is 0.308. The number of nitrogens with one attached hydrogen (secondary N) is 1. The highest BCUT2D eigenvalue weighted by atomic mass is 16.7. The maximum atomic E-state index is 5.73. The monoisotopic (exact) mass is 221 g/mol. The largest absolute Gasteiger partial charge is 0.493 e. The van der Waals surface area contributed by atoms with Gasteiger partial charge in [0, 0.05) is 17.7 Å². The standard InChI is InChI=1S/C12H15NO3/c1-13-9-3-2-4-14-10-6-12-11(5-8(9)10)15-7-16-12/h5-6,9,13H,2-4,7H2,1H3. The van der Waals surface area contributed by atoms with Crippen LogP contribution in [0, 0.1) is 0 Å². The van der Waals surface area contributed by atoms with Crippen LogP contribution in [0.15, 0.2) is 12.1 Å². The van der Waals surface area contributed by atoms with E-state index in [9.17, 15) is 0 Å². The van der Waals surface area contributed by atoms with Gasteiger partial charge in [-0.15, -0.1) is 0 Å². The molecule has 1 unspecified atom stereocenters. The van der Waals surface area contributed by atoms with E-state index in [1.807, 2.05) is 19.2 Å². The summed E-state index contributed by atoms with van der Waals surface area (Å²) in [7, 11) is 1.98. The molecule has 0 radical (unpaired) electrons. The molecule has 4 nitrogen and oxygen atoms in total. The van der Waals surface area contributed by atoms with Crippen molar-refractivity contribution >= 4 is 0 Å². The number of rotatable bonds is 1. The molecule has 4 heteroatoms. The van der Waals surface area contributed by atoms with Gasteiger partial charge in [-0.2, -0.15) is 0 Å². The van der Waals surface area contributed by atoms with Crippen LogP contribution in [-0.4, -0.2) is 20.4 Å². The molecule has 0 bridgehead atoms. The van der Waals surface area contributed by atoms with Crippen molar-refractivity contribution in [3.8, 4) is 17.2 Å². The van der Waals surface area contributed by atoms with Gasteiger partial charge in [0.2, 0.25) is 6.79 Å². The van der Waals surface area contributed by atoms with Gasteiger partial charge < -0.3 is 19.5 Å². The van der Waals surface area contributed by atoms with Gasteiger partial charge in [0.25, 0.3) is 0 Å². The minimum Gasteiger partial charge on any atom is -0.493 e. The zero-order valence-corrected chi connectivity index (χ0v) is 9.29. The molecule has 1 atom stereocenters. The molecule has 0 saturated carbocycles. The van der Waals surface area contributed by atoms with Gasteiger partial charge >= 0.3 is 0 Å². The summed E-state index contributed by atoms with van der Waals surface area (Å²) in [6.07, 6.45) is 2.15. The second kappa shape index (κ2) is 3.87. The van der Waals surface area contributed by atoms with E-state index in [2.05, 4.69) is 5.32 Å². The Morgan fingerprint density at radius 2 is 1.94 bits per heavy atom. The first kappa shape index (κ1) is 9.78. The second-order valence-electron chi connectivity index (χ2n) is 4.08. The SMILES string of the molecule is CNC1CCCOc2cc3c(cc21)OCO3. The molecule has 0 saturated heterocycles. The fourth-order valence-electron chi connectivity index (χ4n) is 2.26. The third-order valence-electron chi connectivity index (χ3n) is 3.12. The summed E-state index contributed by atoms with van der Waals surface area (Å²) in [6, 6.07) is 4.31. The Balaban J connectivity index is 2.06. The summed E-state index contributed by atoms with van der Waals surface area (Å²) in [5.74, 6) is 2.53. The average Bonchev–Trinajstić information content (AvgIpc) is 2.66. The number of ether oxygens (including phenoxy) is 3. The lowest BCUT2D eigenvalue weighted by atomic mass is 10.0. The number of hydrogen-bond acceptors (Lipinski definition) is 4. The summed E-state index contributed by atoms with van der Waals surface area (Å²) in [5, 5.41) is 3.31. The minimum atomic E-state index is 0.308. The summed E-state index contributed by atoms with van der Waals surface area (Å²) < 4.78 is 16.5. The van der Waals surface area contributed by atoms with Crippen molar-refractivity contribution in [2.75, 3.05) is 20.4 Å². The first-order valence-electron chi connectivity index (χ1n) is 5.62. The molecule has 0 fully saturated rings. The van der Waals surface area contributed by atoms with Crippen LogP contribution in [0.1, 0.15) is 24.4 Å². The third kappa shape index (κ3) is 1.50. The van der Waals surface area contributed by atoms with E-state index in [1.54, 1.807) is 0 Å². The smallest absolute Gasteiger partial charge is 0.231 e. The van der Waals surface area contributed by atoms with E-state index in [0.717, 1.165) is 36.7 Å². The van der Waals surface area contributed by atoms with Crippen molar-refractivity contribution in [3.05, 3.63) is 17.7 Å². The van der Waals surface area contributed by atoms with Crippen molar-refractivity contribution in [2.24, 2.45) is 0 Å². The van der Waals surface area contributed by atoms with Crippen molar-refractivity contribution in [3.63, 3.8) is 0 Å². The maximum Gasteiger partial charge on any atom is 0.231 e. The van der Waals surface area contributed by atoms with Crippen molar-refractivity contribution < 1.29 is 14.2 Å². The van der Waals surface area contributed by atoms with Crippen molar-refractivity contribution in [1.82, 2.24) is 5.32 Å². The number of fused-ring (bicyclic) bond motifs is 2. The lowest BCUT2D eigenvalue weighted by Crippen LogP contribution is -2.15. The summed E-state index contributed by atoms with van der Waals surface area (Å²) in [4.78, 5) is 0. The Labute approximate surface area is 94.5 Å². The van der Waals surface area contributed by atoms with E-state index in [-0.39, 0.29) is 0 Å². The van der Waals surface area contributed by atoms with Crippen LogP contribution in [-0.2, 0) is 0 Å². The Morgan fingerprint density at radius 3 is 2.75 bits per heavy atom. The van der Waals surface area contributed by atoms with Gasteiger partial charge in [0.05, 0.1) is 6.61 Å². The lowest BCUT2D eigenvalue weighted by molar-refractivity contribution is 0.173. The number of hydrogen-bond donors (Lipinski definition) is 1. The Hall–Kier alpha value is -1.42. The van der Waals surface area contributed by atoms with Gasteiger partial charge in [0.1, 0.15) is 5.75 Å². The molecular formula is C12H15NO3. The fourth-order valence-corrected chi connectivity index (χ4v) is 2.26. The topological polar surface area (TPSA) is 39.7 Å². The molecule has 86 valence electrons. The van der Waals surface area contributed by atoms with E-state index in [1.165, 1.54) is 5.56 Å². The highest BCUT2D eigenvalue weighted by molar-refractivity contribution is 5.53. The zero-order valence-electron chi connectivity index (χ0n) is 9.29. The number of benzene rings is 1. The highest BCUT2D eigenvalue weighted by Gasteiger charge is 2.24. The first-order valence-corrected chi connectivity index (χ1v) is 5.62. The van der Waals surface area contributed by atoms with Crippen molar-refractivity contribution in [1.29, 1.82) is 0 Å². The van der Waals surface area contributed by atoms with Crippen LogP contribution in [0.2, 0.25) is 0 Å². The van der Waals surface area contributed by atoms with Gasteiger partial charge in [-0.25, -0.2) is 0 Å². The fraction of sp³-hybridized carbons (Fsp3) is 0.500. The molecular weight excluding hydrogens is 206 g/mol. The molecule has 2 aliphatic heterocycles. The molecule has 1 aromatic rings. The normalized spacial score (nSPS) is 22.2. The molecule has 0 spiro atoms. The lowest BCUT2D eigenvalue weighted by Gasteiger charge is -2.16. The van der Waals surface area contributed by atoms with E-state index >= 15 is 0 Å². The molecule has 1 aromatic carbocycles. The summed E-state index contributed by atoms with van der Waals surface area (Å²) in [5.41, 5.74) is 1.17. The molecule has 0 aromatic heterocycles. The quantitative estimate of drug-likeness (QED) is 0.785. The molecule has 1 N–H and O–H groups in total. The van der Waals surface area contributed by atoms with Gasteiger partial charge in [-0.05, 0) is 26.0 Å². The third-order valence-corrected chi connectivity index (χ3v) is 3.12. The van der Waals surface area contributed by atoms with Crippen LogP contribution in [0.5, 0.6) is 17.2 Å².